The summed E-state index contributed by atoms with van der Waals surface area (Å²) in [6, 6.07) is 10.8. The van der Waals surface area contributed by atoms with Gasteiger partial charge < -0.3 is 10.4 Å². The van der Waals surface area contributed by atoms with Crippen LogP contribution in [0.2, 0.25) is 0 Å². The summed E-state index contributed by atoms with van der Waals surface area (Å²) in [5.74, 6) is -3.87. The Morgan fingerprint density at radius 3 is 2.62 bits per heavy atom. The van der Waals surface area contributed by atoms with Crippen molar-refractivity contribution in [1.29, 1.82) is 0 Å². The third kappa shape index (κ3) is 7.08. The number of aliphatic hydroxyl groups is 1. The van der Waals surface area contributed by atoms with Crippen LogP contribution in [0.4, 0.5) is 20.2 Å². The number of aryl methyl sites for hydroxylation is 1. The second-order valence-electron chi connectivity index (χ2n) is 9.08. The number of halogens is 3. The van der Waals surface area contributed by atoms with Crippen LogP contribution in [0.5, 0.6) is 0 Å². The molecule has 1 fully saturated rings. The Hall–Kier alpha value is -2.72. The maximum Gasteiger partial charge on any atom is 0.277 e. The summed E-state index contributed by atoms with van der Waals surface area (Å²) in [6.45, 7) is 0.700. The van der Waals surface area contributed by atoms with Crippen LogP contribution in [0, 0.1) is 28.0 Å². The Kier molecular flexibility index (Phi) is 9.48. The lowest BCUT2D eigenvalue weighted by molar-refractivity contribution is 0.0270. The van der Waals surface area contributed by atoms with E-state index in [9.17, 15) is 18.3 Å². The number of benzene rings is 2. The van der Waals surface area contributed by atoms with Gasteiger partial charge in [-0.2, -0.15) is 4.31 Å². The number of hydrogen-bond acceptors (Lipinski definition) is 7. The zero-order valence-corrected chi connectivity index (χ0v) is 23.9. The lowest BCUT2D eigenvalue weighted by Crippen LogP contribution is -2.34. The second-order valence-corrected chi connectivity index (χ2v) is 12.2. The molecule has 0 aliphatic heterocycles. The molecule has 9 nitrogen and oxygen atoms in total. The standard InChI is InChI=1S/C26H27F2IN4O5S/c1-16-12-18(29)7-8-21(16)31-25-20(26(35)32-38-15-17-5-6-17)13-22(23(27)24(25)28)39(36,37)33(10-11-34)14-19-4-2-3-9-30-19/h2-4,7-9,12-13,17,31,34H,5-6,10-11,14-15H2,1H3,(H,32,35). The van der Waals surface area contributed by atoms with Gasteiger partial charge in [0, 0.05) is 22.0 Å². The molecule has 39 heavy (non-hydrogen) atoms. The fraction of sp³-hybridized carbons (Fsp3) is 0.308. The van der Waals surface area contributed by atoms with E-state index in [2.05, 4.69) is 38.4 Å². The average Bonchev–Trinajstić information content (AvgIpc) is 3.73. The minimum atomic E-state index is -4.73. The molecule has 3 N–H and O–H groups in total. The highest BCUT2D eigenvalue weighted by Crippen LogP contribution is 2.34. The van der Waals surface area contributed by atoms with Gasteiger partial charge in [0.1, 0.15) is 4.90 Å². The number of hydroxylamine groups is 1. The molecule has 1 aliphatic rings. The van der Waals surface area contributed by atoms with E-state index in [1.54, 1.807) is 43.3 Å². The van der Waals surface area contributed by atoms with Gasteiger partial charge in [-0.3, -0.25) is 14.6 Å². The van der Waals surface area contributed by atoms with Gasteiger partial charge in [0.05, 0.1) is 36.7 Å². The molecule has 0 saturated heterocycles. The van der Waals surface area contributed by atoms with E-state index in [1.165, 1.54) is 6.20 Å². The number of pyridine rings is 1. The van der Waals surface area contributed by atoms with Crippen molar-refractivity contribution in [3.05, 3.63) is 80.7 Å². The lowest BCUT2D eigenvalue weighted by atomic mass is 10.1. The molecule has 4 rings (SSSR count). The van der Waals surface area contributed by atoms with Crippen molar-refractivity contribution >= 4 is 49.9 Å². The number of amides is 1. The highest BCUT2D eigenvalue weighted by atomic mass is 127. The van der Waals surface area contributed by atoms with E-state index < -0.39 is 56.9 Å². The van der Waals surface area contributed by atoms with Gasteiger partial charge in [0.15, 0.2) is 11.6 Å². The van der Waals surface area contributed by atoms with Crippen molar-refractivity contribution in [1.82, 2.24) is 14.8 Å². The van der Waals surface area contributed by atoms with Crippen LogP contribution in [0.15, 0.2) is 53.6 Å². The molecule has 1 saturated carbocycles. The normalized spacial score (nSPS) is 13.5. The molecule has 2 aromatic carbocycles. The fourth-order valence-electron chi connectivity index (χ4n) is 3.77. The molecule has 0 spiro atoms. The van der Waals surface area contributed by atoms with E-state index >= 15 is 8.78 Å². The van der Waals surface area contributed by atoms with Gasteiger partial charge in [0.2, 0.25) is 10.0 Å². The van der Waals surface area contributed by atoms with Crippen molar-refractivity contribution in [2.75, 3.05) is 25.1 Å². The van der Waals surface area contributed by atoms with Crippen LogP contribution in [0.3, 0.4) is 0 Å². The summed E-state index contributed by atoms with van der Waals surface area (Å²) in [4.78, 5) is 21.4. The van der Waals surface area contributed by atoms with E-state index in [-0.39, 0.29) is 13.2 Å². The third-order valence-electron chi connectivity index (χ3n) is 6.08. The van der Waals surface area contributed by atoms with Gasteiger partial charge in [0.25, 0.3) is 5.91 Å². The first-order valence-electron chi connectivity index (χ1n) is 12.1. The van der Waals surface area contributed by atoms with Gasteiger partial charge >= 0.3 is 0 Å². The Labute approximate surface area is 238 Å². The summed E-state index contributed by atoms with van der Waals surface area (Å²) in [7, 11) is -4.73. The quantitative estimate of drug-likeness (QED) is 0.194. The summed E-state index contributed by atoms with van der Waals surface area (Å²) >= 11 is 2.11. The number of anilines is 2. The molecule has 1 aliphatic carbocycles. The predicted octanol–water partition coefficient (Wildman–Crippen LogP) is 4.27. The highest BCUT2D eigenvalue weighted by Gasteiger charge is 2.34. The van der Waals surface area contributed by atoms with Gasteiger partial charge in [-0.25, -0.2) is 22.7 Å². The molecule has 208 valence electrons. The van der Waals surface area contributed by atoms with Gasteiger partial charge in [-0.15, -0.1) is 0 Å². The van der Waals surface area contributed by atoms with E-state index in [0.29, 0.717) is 22.9 Å². The predicted molar refractivity (Wildman–Crippen MR) is 149 cm³/mol. The molecule has 0 radical (unpaired) electrons. The van der Waals surface area contributed by atoms with Crippen molar-refractivity contribution in [2.24, 2.45) is 5.92 Å². The maximum absolute atomic E-state index is 15.6. The van der Waals surface area contributed by atoms with Crippen molar-refractivity contribution < 1.29 is 31.9 Å². The van der Waals surface area contributed by atoms with Crippen LogP contribution in [0.25, 0.3) is 0 Å². The van der Waals surface area contributed by atoms with Crippen molar-refractivity contribution in [3.8, 4) is 0 Å². The lowest BCUT2D eigenvalue weighted by Gasteiger charge is -2.23. The SMILES string of the molecule is Cc1cc(I)ccc1Nc1c(C(=O)NOCC2CC2)cc(S(=O)(=O)N(CCO)Cc2ccccn2)c(F)c1F. The Bertz CT molecular complexity index is 1460. The van der Waals surface area contributed by atoms with Crippen LogP contribution < -0.4 is 10.8 Å². The molecule has 1 aromatic heterocycles. The Morgan fingerprint density at radius 2 is 1.97 bits per heavy atom. The first-order valence-corrected chi connectivity index (χ1v) is 14.6. The van der Waals surface area contributed by atoms with Crippen LogP contribution in [-0.4, -0.2) is 48.5 Å². The highest BCUT2D eigenvalue weighted by molar-refractivity contribution is 14.1. The topological polar surface area (TPSA) is 121 Å². The largest absolute Gasteiger partial charge is 0.395 e. The number of aromatic nitrogens is 1. The number of hydrogen-bond donors (Lipinski definition) is 3. The van der Waals surface area contributed by atoms with Crippen molar-refractivity contribution in [2.45, 2.75) is 31.2 Å². The number of carbonyl (C=O) groups excluding carboxylic acids is 1. The first kappa shape index (κ1) is 29.3. The van der Waals surface area contributed by atoms with E-state index in [1.807, 2.05) is 0 Å². The number of sulfonamides is 1. The zero-order valence-electron chi connectivity index (χ0n) is 21.0. The van der Waals surface area contributed by atoms with Crippen LogP contribution >= 0.6 is 22.6 Å². The molecule has 0 atom stereocenters. The summed E-state index contributed by atoms with van der Waals surface area (Å²) in [6.07, 6.45) is 3.37. The zero-order chi connectivity index (χ0) is 28.2. The molecule has 0 bridgehead atoms. The molecular formula is C26H27F2IN4O5S. The Balaban J connectivity index is 1.77. The molecule has 0 unspecified atom stereocenters. The van der Waals surface area contributed by atoms with E-state index in [0.717, 1.165) is 26.8 Å². The minimum Gasteiger partial charge on any atom is -0.395 e. The van der Waals surface area contributed by atoms with E-state index in [4.69, 9.17) is 4.84 Å². The number of rotatable bonds is 12. The molecule has 3 aromatic rings. The minimum absolute atomic E-state index is 0.244. The van der Waals surface area contributed by atoms with Crippen LogP contribution in [0.1, 0.15) is 34.5 Å². The number of nitrogens with zero attached hydrogens (tertiary/aromatic N) is 2. The molecular weight excluding hydrogens is 645 g/mol. The van der Waals surface area contributed by atoms with Crippen LogP contribution in [-0.2, 0) is 21.4 Å². The maximum atomic E-state index is 15.6. The monoisotopic (exact) mass is 672 g/mol. The summed E-state index contributed by atoms with van der Waals surface area (Å²) < 4.78 is 59.9. The Morgan fingerprint density at radius 1 is 1.21 bits per heavy atom. The third-order valence-corrected chi connectivity index (χ3v) is 8.59. The van der Waals surface area contributed by atoms with Gasteiger partial charge in [-0.1, -0.05) is 6.07 Å². The molecule has 13 heteroatoms. The van der Waals surface area contributed by atoms with Crippen molar-refractivity contribution in [3.63, 3.8) is 0 Å². The second kappa shape index (κ2) is 12.6. The average molecular weight is 672 g/mol. The van der Waals surface area contributed by atoms with Gasteiger partial charge in [-0.05, 0) is 90.2 Å². The number of carbonyl (C=O) groups is 1. The number of aliphatic hydroxyl groups excluding tert-OH is 1. The molecule has 1 amide bonds. The summed E-state index contributed by atoms with van der Waals surface area (Å²) in [5.41, 5.74) is 2.62. The molecule has 1 heterocycles. The number of nitrogens with one attached hydrogen (secondary N) is 2. The fourth-order valence-corrected chi connectivity index (χ4v) is 5.90. The smallest absolute Gasteiger partial charge is 0.277 e. The first-order chi connectivity index (χ1) is 18.6. The summed E-state index contributed by atoms with van der Waals surface area (Å²) in [5, 5.41) is 12.3.